The van der Waals surface area contributed by atoms with E-state index in [1.54, 1.807) is 18.6 Å². The minimum atomic E-state index is -0.114. The number of nitrogens with one attached hydrogen (secondary N) is 1. The maximum atomic E-state index is 6.18. The molecule has 0 spiro atoms. The summed E-state index contributed by atoms with van der Waals surface area (Å²) in [6.45, 7) is 0. The molecule has 4 nitrogen and oxygen atoms in total. The lowest BCUT2D eigenvalue weighted by molar-refractivity contribution is 0.536. The number of aromatic nitrogens is 2. The molecule has 3 N–H and O–H groups in total. The van der Waals surface area contributed by atoms with Gasteiger partial charge in [-0.05, 0) is 24.1 Å². The van der Waals surface area contributed by atoms with Crippen LogP contribution in [0.1, 0.15) is 17.3 Å². The molecule has 1 aromatic carbocycles. The summed E-state index contributed by atoms with van der Waals surface area (Å²) in [6.07, 6.45) is 5.62. The van der Waals surface area contributed by atoms with Crippen LogP contribution >= 0.6 is 27.5 Å². The first-order valence-corrected chi connectivity index (χ1v) is 6.54. The second-order valence-corrected chi connectivity index (χ2v) is 5.11. The second-order valence-electron chi connectivity index (χ2n) is 3.79. The van der Waals surface area contributed by atoms with Crippen molar-refractivity contribution in [1.82, 2.24) is 15.4 Å². The number of hydrogen-bond donors (Lipinski definition) is 2. The summed E-state index contributed by atoms with van der Waals surface area (Å²) in [5, 5.41) is 0.702. The lowest BCUT2D eigenvalue weighted by atomic mass is 10.0. The van der Waals surface area contributed by atoms with Gasteiger partial charge in [-0.3, -0.25) is 21.2 Å². The third-order valence-electron chi connectivity index (χ3n) is 2.58. The fourth-order valence-corrected chi connectivity index (χ4v) is 2.40. The normalized spacial score (nSPS) is 12.4. The highest BCUT2D eigenvalue weighted by Crippen LogP contribution is 2.25. The molecular weight excluding hydrogens is 316 g/mol. The molecule has 0 aliphatic heterocycles. The standard InChI is InChI=1S/C12H12BrClN4/c13-9-2-1-8(10(14)6-9)5-11(18-15)12-7-16-3-4-17-12/h1-4,6-7,11,18H,5,15H2. The Kier molecular flexibility index (Phi) is 4.66. The van der Waals surface area contributed by atoms with E-state index in [4.69, 9.17) is 17.4 Å². The molecule has 0 aliphatic rings. The zero-order valence-corrected chi connectivity index (χ0v) is 11.8. The first kappa shape index (κ1) is 13.4. The van der Waals surface area contributed by atoms with Gasteiger partial charge in [0.05, 0.1) is 17.9 Å². The van der Waals surface area contributed by atoms with Gasteiger partial charge in [-0.1, -0.05) is 33.6 Å². The molecule has 2 rings (SSSR count). The summed E-state index contributed by atoms with van der Waals surface area (Å²) < 4.78 is 0.952. The van der Waals surface area contributed by atoms with Gasteiger partial charge in [0, 0.05) is 21.9 Å². The van der Waals surface area contributed by atoms with Crippen LogP contribution in [-0.4, -0.2) is 9.97 Å². The predicted molar refractivity (Wildman–Crippen MR) is 75.0 cm³/mol. The van der Waals surface area contributed by atoms with Crippen molar-refractivity contribution in [2.45, 2.75) is 12.5 Å². The number of nitrogens with two attached hydrogens (primary N) is 1. The first-order valence-electron chi connectivity index (χ1n) is 5.36. The van der Waals surface area contributed by atoms with Gasteiger partial charge < -0.3 is 0 Å². The van der Waals surface area contributed by atoms with Crippen LogP contribution in [0.25, 0.3) is 0 Å². The second kappa shape index (κ2) is 6.24. The fourth-order valence-electron chi connectivity index (χ4n) is 1.65. The Morgan fingerprint density at radius 3 is 2.83 bits per heavy atom. The zero-order chi connectivity index (χ0) is 13.0. The van der Waals surface area contributed by atoms with E-state index in [0.29, 0.717) is 11.4 Å². The molecule has 2 aromatic rings. The fraction of sp³-hybridized carbons (Fsp3) is 0.167. The minimum Gasteiger partial charge on any atom is -0.271 e. The van der Waals surface area contributed by atoms with Gasteiger partial charge in [-0.25, -0.2) is 0 Å². The van der Waals surface area contributed by atoms with Crippen molar-refractivity contribution in [1.29, 1.82) is 0 Å². The Balaban J connectivity index is 2.21. The van der Waals surface area contributed by atoms with Crippen LogP contribution in [0.4, 0.5) is 0 Å². The number of hydrazine groups is 1. The summed E-state index contributed by atoms with van der Waals surface area (Å²) in [6, 6.07) is 5.66. The molecule has 6 heteroatoms. The SMILES string of the molecule is NNC(Cc1ccc(Br)cc1Cl)c1cnccn1. The van der Waals surface area contributed by atoms with Gasteiger partial charge in [-0.2, -0.15) is 0 Å². The van der Waals surface area contributed by atoms with Crippen molar-refractivity contribution in [3.8, 4) is 0 Å². The lowest BCUT2D eigenvalue weighted by Crippen LogP contribution is -2.30. The Morgan fingerprint density at radius 2 is 2.22 bits per heavy atom. The van der Waals surface area contributed by atoms with Gasteiger partial charge in [0.15, 0.2) is 0 Å². The van der Waals surface area contributed by atoms with Crippen LogP contribution in [0, 0.1) is 0 Å². The topological polar surface area (TPSA) is 63.8 Å². The van der Waals surface area contributed by atoms with Crippen molar-refractivity contribution in [2.24, 2.45) is 5.84 Å². The summed E-state index contributed by atoms with van der Waals surface area (Å²) in [4.78, 5) is 8.27. The monoisotopic (exact) mass is 326 g/mol. The van der Waals surface area contributed by atoms with Crippen LogP contribution in [-0.2, 0) is 6.42 Å². The van der Waals surface area contributed by atoms with Crippen molar-refractivity contribution in [2.75, 3.05) is 0 Å². The van der Waals surface area contributed by atoms with Crippen molar-refractivity contribution >= 4 is 27.5 Å². The highest BCUT2D eigenvalue weighted by Gasteiger charge is 2.14. The Labute approximate surface area is 119 Å². The molecule has 18 heavy (non-hydrogen) atoms. The van der Waals surface area contributed by atoms with Gasteiger partial charge in [0.25, 0.3) is 0 Å². The largest absolute Gasteiger partial charge is 0.271 e. The van der Waals surface area contributed by atoms with Gasteiger partial charge >= 0.3 is 0 Å². The molecule has 1 heterocycles. The van der Waals surface area contributed by atoms with E-state index in [9.17, 15) is 0 Å². The predicted octanol–water partition coefficient (Wildman–Crippen LogP) is 2.64. The van der Waals surface area contributed by atoms with Crippen LogP contribution < -0.4 is 11.3 Å². The Morgan fingerprint density at radius 1 is 1.39 bits per heavy atom. The maximum Gasteiger partial charge on any atom is 0.0772 e. The number of hydrogen-bond acceptors (Lipinski definition) is 4. The molecule has 0 bridgehead atoms. The average molecular weight is 328 g/mol. The highest BCUT2D eigenvalue weighted by atomic mass is 79.9. The van der Waals surface area contributed by atoms with E-state index in [2.05, 4.69) is 31.3 Å². The molecule has 0 aliphatic carbocycles. The zero-order valence-electron chi connectivity index (χ0n) is 9.48. The number of rotatable bonds is 4. The average Bonchev–Trinajstić information content (AvgIpc) is 2.39. The molecule has 0 saturated heterocycles. The van der Waals surface area contributed by atoms with E-state index in [1.807, 2.05) is 18.2 Å². The van der Waals surface area contributed by atoms with Crippen molar-refractivity contribution in [3.05, 3.63) is 57.5 Å². The maximum absolute atomic E-state index is 6.18. The summed E-state index contributed by atoms with van der Waals surface area (Å²) >= 11 is 9.56. The van der Waals surface area contributed by atoms with Gasteiger partial charge in [-0.15, -0.1) is 0 Å². The van der Waals surface area contributed by atoms with E-state index in [0.717, 1.165) is 15.7 Å². The lowest BCUT2D eigenvalue weighted by Gasteiger charge is -2.15. The Bertz CT molecular complexity index is 521. The minimum absolute atomic E-state index is 0.114. The number of nitrogens with zero attached hydrogens (tertiary/aromatic N) is 2. The molecule has 0 fully saturated rings. The van der Waals surface area contributed by atoms with E-state index in [1.165, 1.54) is 0 Å². The molecule has 1 atom stereocenters. The van der Waals surface area contributed by atoms with Crippen molar-refractivity contribution < 1.29 is 0 Å². The molecule has 1 unspecified atom stereocenters. The van der Waals surface area contributed by atoms with Gasteiger partial charge in [0.1, 0.15) is 0 Å². The van der Waals surface area contributed by atoms with Crippen LogP contribution in [0.3, 0.4) is 0 Å². The smallest absolute Gasteiger partial charge is 0.0772 e. The molecule has 0 radical (unpaired) electrons. The number of benzene rings is 1. The van der Waals surface area contributed by atoms with E-state index < -0.39 is 0 Å². The molecule has 0 saturated carbocycles. The summed E-state index contributed by atoms with van der Waals surface area (Å²) in [5.74, 6) is 5.56. The molecule has 94 valence electrons. The first-order chi connectivity index (χ1) is 8.70. The van der Waals surface area contributed by atoms with Crippen LogP contribution in [0.5, 0.6) is 0 Å². The van der Waals surface area contributed by atoms with E-state index in [-0.39, 0.29) is 6.04 Å². The highest BCUT2D eigenvalue weighted by molar-refractivity contribution is 9.10. The quantitative estimate of drug-likeness (QED) is 0.669. The third kappa shape index (κ3) is 3.26. The molecule has 0 amide bonds. The summed E-state index contributed by atoms with van der Waals surface area (Å²) in [7, 11) is 0. The molecular formula is C12H12BrClN4. The van der Waals surface area contributed by atoms with Crippen LogP contribution in [0.2, 0.25) is 5.02 Å². The summed E-state index contributed by atoms with van der Waals surface area (Å²) in [5.41, 5.74) is 4.53. The van der Waals surface area contributed by atoms with Crippen molar-refractivity contribution in [3.63, 3.8) is 0 Å². The number of halogens is 2. The van der Waals surface area contributed by atoms with Gasteiger partial charge in [0.2, 0.25) is 0 Å². The van der Waals surface area contributed by atoms with Crippen LogP contribution in [0.15, 0.2) is 41.3 Å². The molecule has 1 aromatic heterocycles. The Hall–Kier alpha value is -1.01. The third-order valence-corrected chi connectivity index (χ3v) is 3.43. The van der Waals surface area contributed by atoms with E-state index >= 15 is 0 Å².